The molecule has 2 heterocycles. The highest BCUT2D eigenvalue weighted by atomic mass is 35.5. The number of amides is 1. The normalized spacial score (nSPS) is 11.1. The first-order valence-electron chi connectivity index (χ1n) is 10.6. The van der Waals surface area contributed by atoms with Crippen molar-refractivity contribution in [3.05, 3.63) is 93.1 Å². The van der Waals surface area contributed by atoms with E-state index in [1.807, 2.05) is 68.4 Å². The van der Waals surface area contributed by atoms with E-state index in [4.69, 9.17) is 11.6 Å². The summed E-state index contributed by atoms with van der Waals surface area (Å²) in [5.41, 5.74) is 3.50. The fourth-order valence-corrected chi connectivity index (χ4v) is 4.11. The first-order chi connectivity index (χ1) is 15.5. The smallest absolute Gasteiger partial charge is 0.281 e. The van der Waals surface area contributed by atoms with Crippen LogP contribution in [0.5, 0.6) is 0 Å². The summed E-state index contributed by atoms with van der Waals surface area (Å²) in [6.45, 7) is 5.08. The number of aryl methyl sites for hydroxylation is 2. The van der Waals surface area contributed by atoms with Gasteiger partial charge in [-0.3, -0.25) is 9.59 Å². The Labute approximate surface area is 191 Å². The number of nitrogens with zero attached hydrogens (tertiary/aromatic N) is 3. The van der Waals surface area contributed by atoms with Crippen molar-refractivity contribution in [2.24, 2.45) is 0 Å². The molecule has 0 saturated heterocycles. The molecule has 0 atom stereocenters. The third-order valence-electron chi connectivity index (χ3n) is 5.73. The van der Waals surface area contributed by atoms with Crippen LogP contribution in [0.15, 0.2) is 65.6 Å². The van der Waals surface area contributed by atoms with Crippen molar-refractivity contribution in [2.45, 2.75) is 39.8 Å². The molecule has 1 N–H and O–H groups in total. The molecule has 0 saturated carbocycles. The number of para-hydroxylation sites is 1. The zero-order valence-electron chi connectivity index (χ0n) is 18.1. The number of aromatic nitrogens is 3. The van der Waals surface area contributed by atoms with Gasteiger partial charge in [0.05, 0.1) is 17.3 Å². The molecule has 0 unspecified atom stereocenters. The maximum absolute atomic E-state index is 13.2. The minimum Gasteiger partial charge on any atom is -0.352 e. The van der Waals surface area contributed by atoms with Gasteiger partial charge >= 0.3 is 0 Å². The number of hydrogen-bond donors (Lipinski definition) is 1. The Kier molecular flexibility index (Phi) is 6.42. The SMILES string of the molecule is Cc1c2cnn(-c3ccccc3)c(=O)c2c(C)n1CCCC(=O)NCc1ccc(Cl)cc1. The lowest BCUT2D eigenvalue weighted by Crippen LogP contribution is -2.23. The van der Waals surface area contributed by atoms with Crippen LogP contribution < -0.4 is 10.9 Å². The highest BCUT2D eigenvalue weighted by Gasteiger charge is 2.17. The quantitative estimate of drug-likeness (QED) is 0.450. The van der Waals surface area contributed by atoms with Gasteiger partial charge in [0.1, 0.15) is 0 Å². The maximum atomic E-state index is 13.2. The lowest BCUT2D eigenvalue weighted by atomic mass is 10.2. The molecular weight excluding hydrogens is 424 g/mol. The first-order valence-corrected chi connectivity index (χ1v) is 11.0. The van der Waals surface area contributed by atoms with E-state index in [1.54, 1.807) is 6.20 Å². The molecule has 4 aromatic rings. The van der Waals surface area contributed by atoms with E-state index in [2.05, 4.69) is 15.0 Å². The van der Waals surface area contributed by atoms with Crippen molar-refractivity contribution >= 4 is 28.3 Å². The third kappa shape index (κ3) is 4.46. The Morgan fingerprint density at radius 2 is 1.75 bits per heavy atom. The predicted octanol–water partition coefficient (Wildman–Crippen LogP) is 4.55. The summed E-state index contributed by atoms with van der Waals surface area (Å²) in [6.07, 6.45) is 2.84. The van der Waals surface area contributed by atoms with Crippen molar-refractivity contribution in [3.8, 4) is 5.69 Å². The zero-order valence-corrected chi connectivity index (χ0v) is 18.9. The van der Waals surface area contributed by atoms with Crippen LogP contribution in [0.2, 0.25) is 5.02 Å². The van der Waals surface area contributed by atoms with Crippen molar-refractivity contribution in [1.82, 2.24) is 19.7 Å². The molecule has 32 heavy (non-hydrogen) atoms. The van der Waals surface area contributed by atoms with Gasteiger partial charge in [0.15, 0.2) is 0 Å². The number of halogens is 1. The molecule has 0 aliphatic carbocycles. The number of fused-ring (bicyclic) bond motifs is 1. The lowest BCUT2D eigenvalue weighted by Gasteiger charge is -2.09. The lowest BCUT2D eigenvalue weighted by molar-refractivity contribution is -0.121. The Hall–Kier alpha value is -3.38. The second kappa shape index (κ2) is 9.40. The second-order valence-corrected chi connectivity index (χ2v) is 8.25. The average Bonchev–Trinajstić information content (AvgIpc) is 3.05. The van der Waals surface area contributed by atoms with Gasteiger partial charge in [0.25, 0.3) is 5.56 Å². The van der Waals surface area contributed by atoms with E-state index in [0.29, 0.717) is 36.3 Å². The van der Waals surface area contributed by atoms with Crippen molar-refractivity contribution in [1.29, 1.82) is 0 Å². The summed E-state index contributed by atoms with van der Waals surface area (Å²) in [5, 5.41) is 9.52. The maximum Gasteiger partial charge on any atom is 0.281 e. The molecule has 0 aliphatic rings. The highest BCUT2D eigenvalue weighted by molar-refractivity contribution is 6.30. The fraction of sp³-hybridized carbons (Fsp3) is 0.240. The van der Waals surface area contributed by atoms with Crippen molar-refractivity contribution in [3.63, 3.8) is 0 Å². The van der Waals surface area contributed by atoms with Crippen LogP contribution in [-0.2, 0) is 17.9 Å². The second-order valence-electron chi connectivity index (χ2n) is 7.81. The van der Waals surface area contributed by atoms with Crippen LogP contribution in [0, 0.1) is 13.8 Å². The Bertz CT molecular complexity index is 1310. The summed E-state index contributed by atoms with van der Waals surface area (Å²) in [4.78, 5) is 25.4. The fourth-order valence-electron chi connectivity index (χ4n) is 3.99. The van der Waals surface area contributed by atoms with Gasteiger partial charge < -0.3 is 9.88 Å². The van der Waals surface area contributed by atoms with Crippen LogP contribution in [0.4, 0.5) is 0 Å². The van der Waals surface area contributed by atoms with E-state index in [-0.39, 0.29) is 11.5 Å². The molecular formula is C25H25ClN4O2. The van der Waals surface area contributed by atoms with Gasteiger partial charge in [-0.25, -0.2) is 0 Å². The van der Waals surface area contributed by atoms with Gasteiger partial charge in [-0.1, -0.05) is 41.9 Å². The molecule has 6 nitrogen and oxygen atoms in total. The molecule has 4 rings (SSSR count). The summed E-state index contributed by atoms with van der Waals surface area (Å²) in [6, 6.07) is 16.8. The van der Waals surface area contributed by atoms with Gasteiger partial charge in [0.2, 0.25) is 5.91 Å². The van der Waals surface area contributed by atoms with Gasteiger partial charge in [-0.2, -0.15) is 9.78 Å². The van der Waals surface area contributed by atoms with E-state index in [1.165, 1.54) is 4.68 Å². The molecule has 0 aliphatic heterocycles. The van der Waals surface area contributed by atoms with E-state index >= 15 is 0 Å². The van der Waals surface area contributed by atoms with E-state index in [0.717, 1.165) is 28.0 Å². The predicted molar refractivity (Wildman–Crippen MR) is 127 cm³/mol. The van der Waals surface area contributed by atoms with Gasteiger partial charge in [-0.15, -0.1) is 0 Å². The number of carbonyl (C=O) groups is 1. The molecule has 0 radical (unpaired) electrons. The zero-order chi connectivity index (χ0) is 22.7. The summed E-state index contributed by atoms with van der Waals surface area (Å²) in [7, 11) is 0. The molecule has 2 aromatic heterocycles. The minimum absolute atomic E-state index is 0.0000622. The average molecular weight is 449 g/mol. The molecule has 0 spiro atoms. The van der Waals surface area contributed by atoms with Crippen molar-refractivity contribution in [2.75, 3.05) is 0 Å². The van der Waals surface area contributed by atoms with E-state index < -0.39 is 0 Å². The molecule has 7 heteroatoms. The van der Waals surface area contributed by atoms with Crippen LogP contribution in [0.1, 0.15) is 29.8 Å². The van der Waals surface area contributed by atoms with Crippen LogP contribution in [0.25, 0.3) is 16.5 Å². The molecule has 0 fully saturated rings. The summed E-state index contributed by atoms with van der Waals surface area (Å²) >= 11 is 5.89. The number of rotatable bonds is 7. The van der Waals surface area contributed by atoms with E-state index in [9.17, 15) is 9.59 Å². The van der Waals surface area contributed by atoms with Crippen LogP contribution >= 0.6 is 11.6 Å². The highest BCUT2D eigenvalue weighted by Crippen LogP contribution is 2.23. The monoisotopic (exact) mass is 448 g/mol. The largest absolute Gasteiger partial charge is 0.352 e. The van der Waals surface area contributed by atoms with Gasteiger partial charge in [0, 0.05) is 41.3 Å². The molecule has 2 aromatic carbocycles. The topological polar surface area (TPSA) is 68.9 Å². The number of carbonyl (C=O) groups excluding carboxylic acids is 1. The molecule has 0 bridgehead atoms. The number of hydrogen-bond acceptors (Lipinski definition) is 3. The minimum atomic E-state index is -0.131. The summed E-state index contributed by atoms with van der Waals surface area (Å²) in [5.74, 6) is 0.0000622. The standard InChI is InChI=1S/C25H25ClN4O2/c1-17-22-16-28-30(21-7-4-3-5-8-21)25(32)24(22)18(2)29(17)14-6-9-23(31)27-15-19-10-12-20(26)13-11-19/h3-5,7-8,10-13,16H,6,9,14-15H2,1-2H3,(H,27,31). The molecule has 1 amide bonds. The first kappa shape index (κ1) is 21.8. The summed E-state index contributed by atoms with van der Waals surface area (Å²) < 4.78 is 3.54. The Balaban J connectivity index is 1.45. The van der Waals surface area contributed by atoms with Crippen LogP contribution in [-0.4, -0.2) is 20.3 Å². The Morgan fingerprint density at radius 1 is 1.03 bits per heavy atom. The van der Waals surface area contributed by atoms with Gasteiger partial charge in [-0.05, 0) is 50.1 Å². The van der Waals surface area contributed by atoms with Crippen molar-refractivity contribution < 1.29 is 4.79 Å². The third-order valence-corrected chi connectivity index (χ3v) is 5.98. The molecule has 164 valence electrons. The Morgan fingerprint density at radius 3 is 2.47 bits per heavy atom. The number of benzene rings is 2. The van der Waals surface area contributed by atoms with Crippen LogP contribution in [0.3, 0.4) is 0 Å². The number of nitrogens with one attached hydrogen (secondary N) is 1.